The third-order valence-corrected chi connectivity index (χ3v) is 17.0. The number of fused-ring (bicyclic) bond motifs is 8. The zero-order valence-electron chi connectivity index (χ0n) is 48.9. The minimum absolute atomic E-state index is 0.00200. The van der Waals surface area contributed by atoms with Crippen molar-refractivity contribution in [1.29, 1.82) is 0 Å². The molecule has 0 radical (unpaired) electrons. The summed E-state index contributed by atoms with van der Waals surface area (Å²) in [5.74, 6) is -0.0588. The van der Waals surface area contributed by atoms with Gasteiger partial charge in [0.2, 0.25) is 23.6 Å². The molecule has 0 saturated carbocycles. The minimum Gasteiger partial charge on any atom is -0.453 e. The summed E-state index contributed by atoms with van der Waals surface area (Å²) in [6.07, 6.45) is 4.57. The first-order chi connectivity index (χ1) is 42.4. The van der Waals surface area contributed by atoms with Crippen molar-refractivity contribution in [3.63, 3.8) is 0 Å². The van der Waals surface area contributed by atoms with E-state index in [0.717, 1.165) is 70.4 Å². The van der Waals surface area contributed by atoms with Crippen molar-refractivity contribution in [2.45, 2.75) is 63.3 Å². The maximum atomic E-state index is 14.1. The lowest BCUT2D eigenvalue weighted by molar-refractivity contribution is -0.138. The third kappa shape index (κ3) is 17.6. The van der Waals surface area contributed by atoms with Crippen molar-refractivity contribution in [2.75, 3.05) is 122 Å². The summed E-state index contributed by atoms with van der Waals surface area (Å²) < 4.78 is 57.4. The van der Waals surface area contributed by atoms with Crippen LogP contribution >= 0.6 is 19.6 Å². The standard InChI is InChI=1S/C61H74N9O15PS/c1-67(45-17-15-43(16-18-45)52-39-51(71)48-19-20-49-58(60(48)85-52)64-42-63-49)25-28-79-30-32-81-34-36-83-37-35-82-33-31-80-29-26-70-59-46-12-6-5-11-44(46)41-69(50-14-8-7-13-47(50)57(59)65-66-70)55(73)21-23-62-54(72)22-24-68-56(74)40-53(61(68)75)87-38-10-4-3-9-27-84-86(76,77)78-2/h5-8,11-20,39,42,53H,3-4,9-10,21-38,40-41H2,1-2H3,(H,62,72)(H,63,64)(H,76,77). The summed E-state index contributed by atoms with van der Waals surface area (Å²) >= 11 is 1.42. The lowest BCUT2D eigenvalue weighted by atomic mass is 9.95. The van der Waals surface area contributed by atoms with Crippen LogP contribution in [0.3, 0.4) is 0 Å². The van der Waals surface area contributed by atoms with Crippen LogP contribution in [0.15, 0.2) is 107 Å². The molecule has 0 aliphatic carbocycles. The van der Waals surface area contributed by atoms with Crippen molar-refractivity contribution >= 4 is 76.6 Å². The van der Waals surface area contributed by atoms with Gasteiger partial charge in [0.05, 0.1) is 120 Å². The number of nitrogens with one attached hydrogen (secondary N) is 2. The summed E-state index contributed by atoms with van der Waals surface area (Å²) in [7, 11) is -0.875. The maximum Gasteiger partial charge on any atom is 0.471 e. The molecule has 4 amide bonds. The zero-order valence-corrected chi connectivity index (χ0v) is 50.6. The normalized spacial score (nSPS) is 14.7. The highest BCUT2D eigenvalue weighted by molar-refractivity contribution is 8.00. The van der Waals surface area contributed by atoms with E-state index in [1.165, 1.54) is 17.8 Å². The Morgan fingerprint density at radius 3 is 2.24 bits per heavy atom. The summed E-state index contributed by atoms with van der Waals surface area (Å²) in [6.45, 7) is 5.69. The average molecular weight is 1240 g/mol. The van der Waals surface area contributed by atoms with Crippen LogP contribution in [0.5, 0.6) is 0 Å². The highest BCUT2D eigenvalue weighted by Gasteiger charge is 2.38. The van der Waals surface area contributed by atoms with Gasteiger partial charge >= 0.3 is 7.82 Å². The number of amides is 4. The number of carbonyl (C=O) groups excluding carboxylic acids is 4. The Bertz CT molecular complexity index is 3540. The predicted octanol–water partition coefficient (Wildman–Crippen LogP) is 7.41. The molecule has 5 heterocycles. The molecule has 7 aromatic rings. The number of para-hydroxylation sites is 1. The average Bonchev–Trinajstić information content (AvgIpc) is 2.21. The fourth-order valence-corrected chi connectivity index (χ4v) is 11.7. The number of unbranched alkanes of at least 4 members (excludes halogenated alkanes) is 3. The van der Waals surface area contributed by atoms with Crippen molar-refractivity contribution in [3.05, 3.63) is 113 Å². The molecule has 0 spiro atoms. The molecule has 24 nitrogen and oxygen atoms in total. The van der Waals surface area contributed by atoms with Gasteiger partial charge in [-0.15, -0.1) is 16.9 Å². The number of carbonyl (C=O) groups is 4. The number of H-pyrrole nitrogens is 1. The molecule has 4 aromatic carbocycles. The second-order valence-electron chi connectivity index (χ2n) is 20.6. The molecule has 2 aliphatic rings. The second-order valence-corrected chi connectivity index (χ2v) is 23.5. The summed E-state index contributed by atoms with van der Waals surface area (Å²) in [5.41, 5.74) is 8.15. The fourth-order valence-electron chi connectivity index (χ4n) is 10.1. The first-order valence-electron chi connectivity index (χ1n) is 29.2. The number of anilines is 2. The molecule has 0 bridgehead atoms. The first kappa shape index (κ1) is 64.3. The van der Waals surface area contributed by atoms with Crippen LogP contribution in [0.25, 0.3) is 55.8 Å². The molecule has 9 rings (SSSR count). The number of benzene rings is 4. The number of rotatable bonds is 36. The summed E-state index contributed by atoms with van der Waals surface area (Å²) in [6, 6.07) is 28.3. The minimum atomic E-state index is -3.98. The number of phosphoric acid groups is 1. The number of hydrogen-bond acceptors (Lipinski definition) is 19. The molecule has 2 unspecified atom stereocenters. The van der Waals surface area contributed by atoms with Crippen LogP contribution in [0.4, 0.5) is 11.4 Å². The van der Waals surface area contributed by atoms with E-state index in [1.54, 1.807) is 17.3 Å². The van der Waals surface area contributed by atoms with Crippen LogP contribution in [0, 0.1) is 0 Å². The van der Waals surface area contributed by atoms with E-state index >= 15 is 0 Å². The summed E-state index contributed by atoms with van der Waals surface area (Å²) in [4.78, 5) is 87.4. The second kappa shape index (κ2) is 32.2. The number of ether oxygens (including phenoxy) is 5. The van der Waals surface area contributed by atoms with Crippen LogP contribution in [-0.4, -0.2) is 176 Å². The van der Waals surface area contributed by atoms with Crippen molar-refractivity contribution in [2.24, 2.45) is 0 Å². The third-order valence-electron chi connectivity index (χ3n) is 14.7. The number of imide groups is 1. The molecular formula is C61H74N9O15PS. The number of imidazole rings is 1. The topological polar surface area (TPSA) is 282 Å². The van der Waals surface area contributed by atoms with Crippen LogP contribution in [-0.2, 0) is 69.6 Å². The highest BCUT2D eigenvalue weighted by Crippen LogP contribution is 2.43. The lowest BCUT2D eigenvalue weighted by Crippen LogP contribution is -2.37. The van der Waals surface area contributed by atoms with Gasteiger partial charge in [0.1, 0.15) is 17.0 Å². The molecule has 26 heteroatoms. The quantitative estimate of drug-likeness (QED) is 0.0196. The number of likely N-dealkylation sites (N-methyl/N-ethyl adjacent to an activating group) is 1. The molecule has 2 atom stereocenters. The SMILES string of the molecule is COP(=O)(O)OCCCCCCSC1CC(=O)N(CCC(=O)NCCC(=O)N2Cc3ccccc3-c3c(nnn3CCOCCOCCOCCOCCOCCN(C)c3ccc(-c4cc(=O)c5ccc6[nH]cnc6c5o4)cc3)-c3ccccc32)C1=O. The van der Waals surface area contributed by atoms with Gasteiger partial charge in [-0.2, -0.15) is 0 Å². The Labute approximate surface area is 507 Å². The highest BCUT2D eigenvalue weighted by atomic mass is 32.2. The van der Waals surface area contributed by atoms with Gasteiger partial charge in [0.25, 0.3) is 0 Å². The number of hydrogen-bond donors (Lipinski definition) is 3. The Balaban J connectivity index is 0.618. The van der Waals surface area contributed by atoms with E-state index in [-0.39, 0.29) is 74.6 Å². The van der Waals surface area contributed by atoms with Gasteiger partial charge in [-0.3, -0.25) is 37.9 Å². The van der Waals surface area contributed by atoms with Crippen LogP contribution < -0.4 is 20.5 Å². The summed E-state index contributed by atoms with van der Waals surface area (Å²) in [5, 5.41) is 12.0. The van der Waals surface area contributed by atoms with E-state index in [1.807, 2.05) is 90.6 Å². The largest absolute Gasteiger partial charge is 0.471 e. The van der Waals surface area contributed by atoms with E-state index in [9.17, 15) is 33.4 Å². The molecule has 2 aliphatic heterocycles. The lowest BCUT2D eigenvalue weighted by Gasteiger charge is -2.28. The van der Waals surface area contributed by atoms with Crippen LogP contribution in [0.1, 0.15) is 50.5 Å². The molecule has 1 saturated heterocycles. The number of aromatic amines is 1. The molecule has 3 N–H and O–H groups in total. The fraction of sp³-hybridized carbons (Fsp3) is 0.443. The number of likely N-dealkylation sites (tertiary alicyclic amines) is 1. The van der Waals surface area contributed by atoms with Gasteiger partial charge in [-0.25, -0.2) is 14.2 Å². The molecular weight excluding hydrogens is 1160 g/mol. The van der Waals surface area contributed by atoms with E-state index < -0.39 is 13.1 Å². The number of nitrogens with zero attached hydrogens (tertiary/aromatic N) is 7. The molecule has 1 fully saturated rings. The monoisotopic (exact) mass is 1240 g/mol. The Morgan fingerprint density at radius 1 is 0.805 bits per heavy atom. The van der Waals surface area contributed by atoms with E-state index in [0.29, 0.717) is 125 Å². The zero-order chi connectivity index (χ0) is 61.0. The van der Waals surface area contributed by atoms with Crippen LogP contribution in [0.2, 0.25) is 0 Å². The Hall–Kier alpha value is -7.16. The molecule has 3 aromatic heterocycles. The Kier molecular flexibility index (Phi) is 23.8. The predicted molar refractivity (Wildman–Crippen MR) is 328 cm³/mol. The number of aromatic nitrogens is 5. The van der Waals surface area contributed by atoms with Crippen molar-refractivity contribution in [1.82, 2.24) is 35.2 Å². The van der Waals surface area contributed by atoms with Crippen molar-refractivity contribution in [3.8, 4) is 33.8 Å². The van der Waals surface area contributed by atoms with Gasteiger partial charge < -0.3 is 53.1 Å². The van der Waals surface area contributed by atoms with Gasteiger partial charge in [0.15, 0.2) is 11.0 Å². The number of phosphoric ester groups is 1. The number of thioether (sulfide) groups is 1. The smallest absolute Gasteiger partial charge is 0.453 e. The van der Waals surface area contributed by atoms with E-state index in [4.69, 9.17) is 32.6 Å². The van der Waals surface area contributed by atoms with Gasteiger partial charge in [0, 0.05) is 81.5 Å². The maximum absolute atomic E-state index is 14.1. The first-order valence-corrected chi connectivity index (χ1v) is 31.7. The Morgan fingerprint density at radius 2 is 1.49 bits per heavy atom. The molecule has 87 heavy (non-hydrogen) atoms. The van der Waals surface area contributed by atoms with Gasteiger partial charge in [-0.1, -0.05) is 60.5 Å². The van der Waals surface area contributed by atoms with Gasteiger partial charge in [-0.05, 0) is 66.6 Å². The van der Waals surface area contributed by atoms with E-state index in [2.05, 4.69) is 35.0 Å². The van der Waals surface area contributed by atoms with Crippen molar-refractivity contribution < 1.29 is 65.8 Å². The molecule has 464 valence electrons.